The maximum absolute atomic E-state index is 16.4. The molecule has 0 fully saturated rings. The van der Waals surface area contributed by atoms with Gasteiger partial charge in [-0.05, 0) is 29.7 Å². The van der Waals surface area contributed by atoms with Gasteiger partial charge in [0, 0.05) is 24.0 Å². The molecule has 0 saturated heterocycles. The molecule has 0 aliphatic carbocycles. The van der Waals surface area contributed by atoms with Gasteiger partial charge >= 0.3 is 0 Å². The summed E-state index contributed by atoms with van der Waals surface area (Å²) in [6.07, 6.45) is 0. The van der Waals surface area contributed by atoms with Crippen LogP contribution >= 0.6 is 26.2 Å². The summed E-state index contributed by atoms with van der Waals surface area (Å²) in [7, 11) is -3.50. The zero-order chi connectivity index (χ0) is 28.3. The van der Waals surface area contributed by atoms with Crippen molar-refractivity contribution < 1.29 is 4.57 Å². The lowest BCUT2D eigenvalue weighted by Gasteiger charge is -2.30. The molecule has 5 aromatic rings. The highest BCUT2D eigenvalue weighted by Gasteiger charge is 2.52. The first kappa shape index (κ1) is 27.4. The van der Waals surface area contributed by atoms with Crippen LogP contribution in [0.3, 0.4) is 0 Å². The van der Waals surface area contributed by atoms with Gasteiger partial charge in [-0.3, -0.25) is 0 Å². The predicted octanol–water partition coefficient (Wildman–Crippen LogP) is 7.15. The molecule has 5 aromatic carbocycles. The number of benzene rings is 5. The Hall–Kier alpha value is -3.81. The van der Waals surface area contributed by atoms with Gasteiger partial charge < -0.3 is 9.46 Å². The number of thiocarbonyl (C=S) groups is 1. The van der Waals surface area contributed by atoms with E-state index in [9.17, 15) is 0 Å². The van der Waals surface area contributed by atoms with E-state index in [4.69, 9.17) is 17.2 Å². The fourth-order valence-corrected chi connectivity index (χ4v) is 16.4. The molecule has 1 aliphatic heterocycles. The molecular formula is C35H30N2OP2S. The first-order valence-electron chi connectivity index (χ1n) is 13.7. The molecule has 0 spiro atoms. The van der Waals surface area contributed by atoms with E-state index in [1.54, 1.807) is 0 Å². The van der Waals surface area contributed by atoms with Gasteiger partial charge in [0.05, 0.1) is 10.7 Å². The van der Waals surface area contributed by atoms with Crippen molar-refractivity contribution in [3.8, 4) is 0 Å². The summed E-state index contributed by atoms with van der Waals surface area (Å²) in [5.74, 6) is 0.695. The molecule has 1 aliphatic rings. The van der Waals surface area contributed by atoms with E-state index in [1.807, 2.05) is 103 Å². The van der Waals surface area contributed by atoms with Crippen LogP contribution in [-0.4, -0.2) is 27.0 Å². The molecular weight excluding hydrogens is 558 g/mol. The van der Waals surface area contributed by atoms with Crippen molar-refractivity contribution in [2.75, 3.05) is 6.54 Å². The molecule has 202 valence electrons. The van der Waals surface area contributed by atoms with E-state index in [0.717, 1.165) is 36.7 Å². The number of para-hydroxylation sites is 1. The SMILES string of the molecule is CCN1C(=S)P(c2ccccc2)(c2ccccc2)=C(P(=O)(c2ccccc2)c2ccccc2)C1=Nc1ccccc1. The van der Waals surface area contributed by atoms with Gasteiger partial charge in [-0.15, -0.1) is 0 Å². The first-order chi connectivity index (χ1) is 20.1. The molecule has 6 heteroatoms. The normalized spacial score (nSPS) is 15.8. The topological polar surface area (TPSA) is 32.7 Å². The average molecular weight is 589 g/mol. The number of hydrogen-bond donors (Lipinski definition) is 0. The van der Waals surface area contributed by atoms with Gasteiger partial charge in [-0.25, -0.2) is 4.99 Å². The molecule has 6 rings (SSSR count). The van der Waals surface area contributed by atoms with Crippen LogP contribution in [0.25, 0.3) is 0 Å². The zero-order valence-electron chi connectivity index (χ0n) is 22.7. The Morgan fingerprint density at radius 1 is 0.634 bits per heavy atom. The molecule has 0 unspecified atom stereocenters. The van der Waals surface area contributed by atoms with Crippen molar-refractivity contribution in [1.82, 2.24) is 4.90 Å². The quantitative estimate of drug-likeness (QED) is 0.150. The molecule has 0 radical (unpaired) electrons. The summed E-state index contributed by atoms with van der Waals surface area (Å²) in [5.41, 5.74) is 0.801. The standard InChI is InChI=1S/C35H30N2OP2S/c1-2-37-33(36-28-18-8-3-9-19-28)34(40(38,31-24-14-6-15-25-31)32-26-16-7-17-27-32)39(35(37)41,29-20-10-4-11-21-29)30-22-12-5-13-23-30/h3-27H,2H2,1H3. The highest BCUT2D eigenvalue weighted by molar-refractivity contribution is 8.23. The van der Waals surface area contributed by atoms with E-state index in [-0.39, 0.29) is 0 Å². The summed E-state index contributed by atoms with van der Waals surface area (Å²) in [6.45, 7) is -0.0871. The maximum Gasteiger partial charge on any atom is 0.175 e. The second-order valence-electron chi connectivity index (χ2n) is 9.74. The molecule has 0 N–H and O–H groups in total. The highest BCUT2D eigenvalue weighted by atomic mass is 32.1. The minimum Gasteiger partial charge on any atom is -0.316 e. The van der Waals surface area contributed by atoms with Gasteiger partial charge in [-0.1, -0.05) is 152 Å². The molecule has 0 aromatic heterocycles. The van der Waals surface area contributed by atoms with Crippen molar-refractivity contribution in [3.05, 3.63) is 152 Å². The van der Waals surface area contributed by atoms with Crippen LogP contribution in [0.5, 0.6) is 0 Å². The van der Waals surface area contributed by atoms with Crippen LogP contribution in [0.4, 0.5) is 5.69 Å². The Morgan fingerprint density at radius 2 is 1.02 bits per heavy atom. The van der Waals surface area contributed by atoms with Crippen molar-refractivity contribution >= 4 is 68.8 Å². The first-order valence-corrected chi connectivity index (χ1v) is 17.6. The molecule has 1 heterocycles. The molecule has 0 atom stereocenters. The molecule has 41 heavy (non-hydrogen) atoms. The van der Waals surface area contributed by atoms with E-state index >= 15 is 4.57 Å². The van der Waals surface area contributed by atoms with Gasteiger partial charge in [0.1, 0.15) is 10.6 Å². The maximum atomic E-state index is 16.4. The number of nitrogens with zero attached hydrogens (tertiary/aromatic N) is 2. The smallest absolute Gasteiger partial charge is 0.175 e. The van der Waals surface area contributed by atoms with Gasteiger partial charge in [-0.2, -0.15) is 0 Å². The van der Waals surface area contributed by atoms with Gasteiger partial charge in [0.25, 0.3) is 0 Å². The highest BCUT2D eigenvalue weighted by Crippen LogP contribution is 2.64. The van der Waals surface area contributed by atoms with Crippen LogP contribution in [0.1, 0.15) is 6.92 Å². The van der Waals surface area contributed by atoms with E-state index < -0.39 is 14.0 Å². The number of amidine groups is 1. The lowest BCUT2D eigenvalue weighted by Crippen LogP contribution is -2.35. The summed E-state index contributed by atoms with van der Waals surface area (Å²) in [5, 5.41) is 4.54. The predicted molar refractivity (Wildman–Crippen MR) is 182 cm³/mol. The Kier molecular flexibility index (Phi) is 7.73. The lowest BCUT2D eigenvalue weighted by atomic mass is 10.3. The van der Waals surface area contributed by atoms with Crippen molar-refractivity contribution in [1.29, 1.82) is 0 Å². The zero-order valence-corrected chi connectivity index (χ0v) is 25.4. The summed E-state index contributed by atoms with van der Waals surface area (Å²) < 4.78 is 17.2. The summed E-state index contributed by atoms with van der Waals surface area (Å²) in [4.78, 5) is 7.41. The fraction of sp³-hybridized carbons (Fsp3) is 0.0571. The lowest BCUT2D eigenvalue weighted by molar-refractivity contribution is 0.594. The van der Waals surface area contributed by atoms with Crippen LogP contribution < -0.4 is 21.2 Å². The van der Waals surface area contributed by atoms with Crippen LogP contribution in [0.15, 0.2) is 157 Å². The van der Waals surface area contributed by atoms with E-state index in [0.29, 0.717) is 12.4 Å². The van der Waals surface area contributed by atoms with Crippen LogP contribution in [-0.2, 0) is 4.57 Å². The van der Waals surface area contributed by atoms with Crippen LogP contribution in [0, 0.1) is 0 Å². The minimum atomic E-state index is -3.50. The Morgan fingerprint density at radius 3 is 1.44 bits per heavy atom. The van der Waals surface area contributed by atoms with E-state index in [1.165, 1.54) is 0 Å². The number of hydrogen-bond acceptors (Lipinski definition) is 3. The van der Waals surface area contributed by atoms with E-state index in [2.05, 4.69) is 60.4 Å². The van der Waals surface area contributed by atoms with Crippen molar-refractivity contribution in [2.24, 2.45) is 4.99 Å². The number of rotatable bonds is 7. The van der Waals surface area contributed by atoms with Gasteiger partial charge in [0.15, 0.2) is 7.14 Å². The summed E-state index contributed by atoms with van der Waals surface area (Å²) >= 11 is 6.53. The summed E-state index contributed by atoms with van der Waals surface area (Å²) in [6, 6.07) is 50.5. The largest absolute Gasteiger partial charge is 0.316 e. The third-order valence-corrected chi connectivity index (χ3v) is 16.9. The number of aliphatic imine (C=N–C) groups is 1. The second-order valence-corrected chi connectivity index (χ2v) is 16.7. The second kappa shape index (κ2) is 11.6. The fourth-order valence-electron chi connectivity index (χ4n) is 5.59. The minimum absolute atomic E-state index is 0.610. The molecule has 3 nitrogen and oxygen atoms in total. The van der Waals surface area contributed by atoms with Crippen LogP contribution in [0.2, 0.25) is 0 Å². The third-order valence-electron chi connectivity index (χ3n) is 7.42. The van der Waals surface area contributed by atoms with Crippen molar-refractivity contribution in [3.63, 3.8) is 0 Å². The molecule has 0 amide bonds. The molecule has 0 saturated carbocycles. The third kappa shape index (κ3) is 4.57. The van der Waals surface area contributed by atoms with Crippen molar-refractivity contribution in [2.45, 2.75) is 6.92 Å². The van der Waals surface area contributed by atoms with Gasteiger partial charge in [0.2, 0.25) is 0 Å². The average Bonchev–Trinajstić information content (AvgIpc) is 3.30. The Bertz CT molecular complexity index is 1720. The molecule has 0 bridgehead atoms. The monoisotopic (exact) mass is 588 g/mol. The Balaban J connectivity index is 1.90. The Labute approximate surface area is 247 Å².